The molecule has 22 nitrogen and oxygen atoms in total. The molecule has 4 atom stereocenters. The molecule has 1 amide bonds. The number of carboxylic acids is 1. The quantitative estimate of drug-likeness (QED) is 0.0141. The second-order valence-corrected chi connectivity index (χ2v) is 15.4. The van der Waals surface area contributed by atoms with Gasteiger partial charge in [-0.2, -0.15) is 5.10 Å². The number of methoxy groups -OCH3 is 3. The molecular formula is C46H55N7O15. The van der Waals surface area contributed by atoms with Gasteiger partial charge in [-0.3, -0.25) is 29.3 Å². The fraction of sp³-hybridized carbons (Fsp3) is 0.370. The highest BCUT2D eigenvalue weighted by molar-refractivity contribution is 6.28. The number of amides is 1. The molecule has 0 unspecified atom stereocenters. The number of aromatic hydroxyl groups is 1. The van der Waals surface area contributed by atoms with Crippen LogP contribution in [-0.2, 0) is 20.9 Å². The first-order valence-electron chi connectivity index (χ1n) is 21.4. The Balaban J connectivity index is 0.000000200. The molecule has 1 aromatic heterocycles. The Labute approximate surface area is 389 Å². The minimum atomic E-state index is -1.19. The number of carbonyl (C=O) groups is 4. The van der Waals surface area contributed by atoms with Crippen LogP contribution in [0.4, 0.5) is 5.69 Å². The summed E-state index contributed by atoms with van der Waals surface area (Å²) in [5.74, 6) is 1.49. The number of hydrazine groups is 1. The Morgan fingerprint density at radius 1 is 0.882 bits per heavy atom. The van der Waals surface area contributed by atoms with Crippen molar-refractivity contribution >= 4 is 40.5 Å². The van der Waals surface area contributed by atoms with E-state index < -0.39 is 42.3 Å². The number of aliphatic carboxylic acids is 1. The Hall–Kier alpha value is -7.05. The van der Waals surface area contributed by atoms with Crippen LogP contribution in [0, 0.1) is 11.8 Å². The Bertz CT molecular complexity index is 2600. The molecular weight excluding hydrogens is 891 g/mol. The summed E-state index contributed by atoms with van der Waals surface area (Å²) in [7, 11) is 4.43. The number of rotatable bonds is 18. The number of nitrogens with one attached hydrogen (secondary N) is 4. The van der Waals surface area contributed by atoms with Crippen LogP contribution in [0.1, 0.15) is 44.6 Å². The Morgan fingerprint density at radius 3 is 2.12 bits per heavy atom. The summed E-state index contributed by atoms with van der Waals surface area (Å²) in [4.78, 5) is 44.6. The molecule has 3 aliphatic rings. The lowest BCUT2D eigenvalue weighted by Crippen LogP contribution is -2.40. The summed E-state index contributed by atoms with van der Waals surface area (Å²) >= 11 is 0. The minimum absolute atomic E-state index is 0.0367. The number of nitrogens with zero attached hydrogens (tertiary/aromatic N) is 2. The molecule has 364 valence electrons. The number of phenolic OH excluding ortho intramolecular Hbond substituents is 1. The van der Waals surface area contributed by atoms with Gasteiger partial charge in [0.05, 0.1) is 69.8 Å². The van der Waals surface area contributed by atoms with Gasteiger partial charge in [0.2, 0.25) is 18.8 Å². The van der Waals surface area contributed by atoms with Crippen LogP contribution in [0.15, 0.2) is 54.6 Å². The maximum atomic E-state index is 13.5. The normalized spacial score (nSPS) is 17.1. The third-order valence-electron chi connectivity index (χ3n) is 11.6. The molecule has 0 bridgehead atoms. The Morgan fingerprint density at radius 2 is 1.54 bits per heavy atom. The molecule has 12 N–H and O–H groups in total. The molecule has 22 heteroatoms. The topological polar surface area (TPSA) is 328 Å². The average Bonchev–Trinajstić information content (AvgIpc) is 3.98. The molecule has 5 aromatic rings. The van der Waals surface area contributed by atoms with Crippen molar-refractivity contribution in [3.63, 3.8) is 0 Å². The summed E-state index contributed by atoms with van der Waals surface area (Å²) in [6.45, 7) is 3.10. The second-order valence-electron chi connectivity index (χ2n) is 15.4. The van der Waals surface area contributed by atoms with Gasteiger partial charge in [-0.15, -0.1) is 0 Å². The Kier molecular flexibility index (Phi) is 17.1. The SMILES string of the molecule is COc1cc([C@@H]2c3cc4c(cc3[C@H](O)[C@@H](CO)[C@@H]2C(=O)O)OCO4)cc(OC)c1OC.NNC(=O)C=O.O=C1c2c(O)cccc2-c2nn(CCNCCO)c3ccc(NCCNCCO)c1c23. The van der Waals surface area contributed by atoms with Crippen molar-refractivity contribution in [3.8, 4) is 45.8 Å². The molecule has 0 radical (unpaired) electrons. The van der Waals surface area contributed by atoms with E-state index in [1.165, 1.54) is 27.4 Å². The van der Waals surface area contributed by atoms with Gasteiger partial charge in [0.25, 0.3) is 5.91 Å². The lowest BCUT2D eigenvalue weighted by molar-refractivity contribution is -0.148. The van der Waals surface area contributed by atoms with E-state index in [4.69, 9.17) is 39.0 Å². The molecule has 0 spiro atoms. The van der Waals surface area contributed by atoms with Crippen molar-refractivity contribution in [2.45, 2.75) is 18.6 Å². The third kappa shape index (κ3) is 10.3. The van der Waals surface area contributed by atoms with Gasteiger partial charge in [0.15, 0.2) is 28.8 Å². The van der Waals surface area contributed by atoms with Crippen molar-refractivity contribution in [2.24, 2.45) is 17.7 Å². The summed E-state index contributed by atoms with van der Waals surface area (Å²) in [6.07, 6.45) is -1.09. The highest BCUT2D eigenvalue weighted by Gasteiger charge is 2.48. The summed E-state index contributed by atoms with van der Waals surface area (Å²) < 4.78 is 29.1. The van der Waals surface area contributed by atoms with Gasteiger partial charge in [-0.1, -0.05) is 12.1 Å². The lowest BCUT2D eigenvalue weighted by atomic mass is 9.65. The van der Waals surface area contributed by atoms with Crippen LogP contribution in [0.5, 0.6) is 34.5 Å². The molecule has 0 fully saturated rings. The zero-order valence-electron chi connectivity index (χ0n) is 37.5. The van der Waals surface area contributed by atoms with Crippen LogP contribution >= 0.6 is 0 Å². The maximum Gasteiger partial charge on any atom is 0.307 e. The van der Waals surface area contributed by atoms with E-state index in [2.05, 4.69) is 21.8 Å². The number of carboxylic acid groups (broad SMARTS) is 1. The average molecular weight is 946 g/mol. The zero-order chi connectivity index (χ0) is 49.1. The van der Waals surface area contributed by atoms with E-state index >= 15 is 0 Å². The van der Waals surface area contributed by atoms with Crippen molar-refractivity contribution in [2.75, 3.05) is 86.0 Å². The van der Waals surface area contributed by atoms with Crippen molar-refractivity contribution in [1.29, 1.82) is 0 Å². The van der Waals surface area contributed by atoms with E-state index in [9.17, 15) is 39.6 Å². The number of ketones is 1. The predicted molar refractivity (Wildman–Crippen MR) is 244 cm³/mol. The monoisotopic (exact) mass is 945 g/mol. The number of aliphatic hydroxyl groups excluding tert-OH is 4. The van der Waals surface area contributed by atoms with Gasteiger partial charge in [-0.25, -0.2) is 5.84 Å². The number of phenols is 1. The van der Waals surface area contributed by atoms with Gasteiger partial charge in [0, 0.05) is 67.8 Å². The molecule has 2 heterocycles. The summed E-state index contributed by atoms with van der Waals surface area (Å²) in [5, 5.41) is 74.4. The number of benzene rings is 4. The first-order valence-corrected chi connectivity index (χ1v) is 21.4. The third-order valence-corrected chi connectivity index (χ3v) is 11.6. The molecule has 68 heavy (non-hydrogen) atoms. The van der Waals surface area contributed by atoms with E-state index in [1.54, 1.807) is 35.8 Å². The summed E-state index contributed by atoms with van der Waals surface area (Å²) in [5.41, 5.74) is 6.88. The zero-order valence-corrected chi connectivity index (χ0v) is 37.5. The second kappa shape index (κ2) is 23.1. The fourth-order valence-electron chi connectivity index (χ4n) is 8.60. The molecule has 2 aliphatic carbocycles. The van der Waals surface area contributed by atoms with Crippen molar-refractivity contribution in [1.82, 2.24) is 25.8 Å². The fourth-order valence-corrected chi connectivity index (χ4v) is 8.60. The first-order chi connectivity index (χ1) is 32.9. The van der Waals surface area contributed by atoms with Crippen LogP contribution in [0.2, 0.25) is 0 Å². The van der Waals surface area contributed by atoms with Crippen LogP contribution < -0.4 is 50.9 Å². The molecule has 1 aliphatic heterocycles. The highest BCUT2D eigenvalue weighted by Crippen LogP contribution is 2.54. The minimum Gasteiger partial charge on any atom is -0.507 e. The number of nitrogens with two attached hydrogens (primary N) is 1. The standard InChI is InChI=1S/C22H27N5O4.C22H24O9.C2H4N2O2/c28-12-9-23-6-7-25-15-4-5-16-20-19(15)22(31)18-14(2-1-3-17(18)30)21(20)26-27(16)11-8-24-10-13-29;1-27-16-4-10(5-17(28-2)21(16)29-3)18-11-6-14-15(31-9-30-14)7-12(11)20(24)13(8-23)19(18)22(25)26;3-4-2(6)1-5/h1-5,23-25,28-30H,6-13H2;4-7,13,18-20,23-24H,8-9H2,1-3H3,(H,25,26);1H,3H2,(H,4,6)/t;13-,18+,19-,20-;/m.0./s1. The number of carbonyl (C=O) groups excluding carboxylic acids is 3. The van der Waals surface area contributed by atoms with Gasteiger partial charge >= 0.3 is 5.97 Å². The van der Waals surface area contributed by atoms with E-state index in [1.807, 2.05) is 22.9 Å². The van der Waals surface area contributed by atoms with E-state index in [0.717, 1.165) is 10.9 Å². The number of aliphatic hydroxyl groups is 4. The van der Waals surface area contributed by atoms with Gasteiger partial charge < -0.3 is 70.3 Å². The van der Waals surface area contributed by atoms with Crippen LogP contribution in [-0.4, -0.2) is 145 Å². The van der Waals surface area contributed by atoms with Crippen LogP contribution in [0.25, 0.3) is 22.2 Å². The smallest absolute Gasteiger partial charge is 0.307 e. The number of aldehydes is 1. The highest BCUT2D eigenvalue weighted by atomic mass is 16.7. The van der Waals surface area contributed by atoms with Crippen molar-refractivity contribution in [3.05, 3.63) is 82.4 Å². The van der Waals surface area contributed by atoms with Crippen molar-refractivity contribution < 1.29 is 73.5 Å². The number of ether oxygens (including phenoxy) is 5. The number of fused-ring (bicyclic) bond motifs is 4. The lowest BCUT2D eigenvalue weighted by Gasteiger charge is -2.40. The maximum absolute atomic E-state index is 13.5. The predicted octanol–water partition coefficient (Wildman–Crippen LogP) is 0.634. The number of anilines is 1. The molecule has 4 aromatic carbocycles. The number of aromatic nitrogens is 2. The van der Waals surface area contributed by atoms with Gasteiger partial charge in [0.1, 0.15) is 11.4 Å². The van der Waals surface area contributed by atoms with E-state index in [-0.39, 0.29) is 43.4 Å². The summed E-state index contributed by atoms with van der Waals surface area (Å²) in [6, 6.07) is 15.6. The largest absolute Gasteiger partial charge is 0.507 e. The molecule has 0 saturated heterocycles. The molecule has 0 saturated carbocycles. The van der Waals surface area contributed by atoms with E-state index in [0.29, 0.717) is 107 Å². The molecule has 8 rings (SSSR count). The van der Waals surface area contributed by atoms with Crippen LogP contribution in [0.3, 0.4) is 0 Å². The number of hydrogen-bond acceptors (Lipinski definition) is 19. The van der Waals surface area contributed by atoms with Gasteiger partial charge in [-0.05, 0) is 59.2 Å². The number of hydrogen-bond donors (Lipinski definition) is 11. The first kappa shape index (κ1) is 50.4.